The van der Waals surface area contributed by atoms with E-state index in [0.717, 1.165) is 53.2 Å². The fourth-order valence-corrected chi connectivity index (χ4v) is 3.90. The van der Waals surface area contributed by atoms with Crippen molar-refractivity contribution in [3.63, 3.8) is 0 Å². The van der Waals surface area contributed by atoms with E-state index in [-0.39, 0.29) is 5.82 Å². The van der Waals surface area contributed by atoms with Crippen molar-refractivity contribution < 1.29 is 4.39 Å². The van der Waals surface area contributed by atoms with Crippen LogP contribution >= 0.6 is 15.9 Å². The molecule has 8 heteroatoms. The van der Waals surface area contributed by atoms with Crippen molar-refractivity contribution in [3.05, 3.63) is 41.0 Å². The van der Waals surface area contributed by atoms with E-state index in [4.69, 9.17) is 0 Å². The highest BCUT2D eigenvalue weighted by Crippen LogP contribution is 2.28. The smallest absolute Gasteiger partial charge is 0.164 e. The van der Waals surface area contributed by atoms with Gasteiger partial charge in [-0.25, -0.2) is 19.0 Å². The third-order valence-corrected chi connectivity index (χ3v) is 5.17. The molecule has 25 heavy (non-hydrogen) atoms. The maximum Gasteiger partial charge on any atom is 0.164 e. The maximum absolute atomic E-state index is 13.1. The van der Waals surface area contributed by atoms with Crippen LogP contribution in [0.15, 0.2) is 35.2 Å². The van der Waals surface area contributed by atoms with Crippen molar-refractivity contribution in [2.45, 2.75) is 6.42 Å². The first-order valence-corrected chi connectivity index (χ1v) is 8.98. The van der Waals surface area contributed by atoms with Crippen molar-refractivity contribution in [3.8, 4) is 0 Å². The highest BCUT2D eigenvalue weighted by atomic mass is 79.9. The molecule has 1 fully saturated rings. The summed E-state index contributed by atoms with van der Waals surface area (Å²) in [6.07, 6.45) is 2.64. The van der Waals surface area contributed by atoms with Crippen LogP contribution in [-0.4, -0.2) is 39.4 Å². The minimum absolute atomic E-state index is 0.198. The number of hydrogen-bond acceptors (Lipinski definition) is 5. The zero-order valence-corrected chi connectivity index (χ0v) is 15.4. The fraction of sp³-hybridized carbons (Fsp3) is 0.353. The fourth-order valence-electron chi connectivity index (χ4n) is 3.30. The van der Waals surface area contributed by atoms with Crippen LogP contribution in [0, 0.1) is 11.7 Å². The molecule has 0 spiro atoms. The van der Waals surface area contributed by atoms with Crippen LogP contribution in [0.2, 0.25) is 0 Å². The number of benzene rings is 1. The molecule has 6 nitrogen and oxygen atoms in total. The molecule has 1 unspecified atom stereocenters. The van der Waals surface area contributed by atoms with Gasteiger partial charge in [0, 0.05) is 32.4 Å². The summed E-state index contributed by atoms with van der Waals surface area (Å²) in [7, 11) is 1.86. The average molecular weight is 405 g/mol. The molecule has 1 aliphatic heterocycles. The first-order chi connectivity index (χ1) is 12.1. The molecule has 130 valence electrons. The molecule has 1 saturated heterocycles. The predicted octanol–water partition coefficient (Wildman–Crippen LogP) is 3.20. The molecular formula is C17H18BrFN6. The van der Waals surface area contributed by atoms with Gasteiger partial charge in [-0.3, -0.25) is 0 Å². The second kappa shape index (κ2) is 6.59. The van der Waals surface area contributed by atoms with Gasteiger partial charge >= 0.3 is 0 Å². The van der Waals surface area contributed by atoms with Gasteiger partial charge in [0.25, 0.3) is 0 Å². The molecule has 0 aliphatic carbocycles. The van der Waals surface area contributed by atoms with Crippen LogP contribution in [0.4, 0.5) is 15.9 Å². The Hall–Kier alpha value is -2.22. The van der Waals surface area contributed by atoms with Gasteiger partial charge in [-0.2, -0.15) is 5.10 Å². The Morgan fingerprint density at radius 2 is 2.08 bits per heavy atom. The lowest BCUT2D eigenvalue weighted by molar-refractivity contribution is 0.620. The van der Waals surface area contributed by atoms with Gasteiger partial charge in [0.2, 0.25) is 0 Å². The summed E-state index contributed by atoms with van der Waals surface area (Å²) in [5.74, 6) is 1.10. The van der Waals surface area contributed by atoms with Crippen molar-refractivity contribution in [2.75, 3.05) is 29.9 Å². The van der Waals surface area contributed by atoms with E-state index >= 15 is 0 Å². The summed E-state index contributed by atoms with van der Waals surface area (Å²) < 4.78 is 15.5. The summed E-state index contributed by atoms with van der Waals surface area (Å²) in [5, 5.41) is 8.69. The number of halogens is 2. The van der Waals surface area contributed by atoms with E-state index < -0.39 is 0 Å². The zero-order valence-electron chi connectivity index (χ0n) is 13.8. The van der Waals surface area contributed by atoms with Gasteiger partial charge in [0.05, 0.1) is 5.39 Å². The monoisotopic (exact) mass is 404 g/mol. The normalized spacial score (nSPS) is 17.4. The first-order valence-electron chi connectivity index (χ1n) is 8.19. The van der Waals surface area contributed by atoms with Crippen LogP contribution in [0.5, 0.6) is 0 Å². The molecule has 1 aromatic carbocycles. The first kappa shape index (κ1) is 16.3. The van der Waals surface area contributed by atoms with Crippen molar-refractivity contribution in [1.29, 1.82) is 0 Å². The second-order valence-electron chi connectivity index (χ2n) is 6.29. The molecule has 3 heterocycles. The Kier molecular flexibility index (Phi) is 4.29. The standard InChI is InChI=1S/C17H18BrFN6/c1-24-17-14(15(18)23-24)16(21-10-22-17)20-8-11-6-7-25(9-11)13-4-2-12(19)3-5-13/h2-5,10-11H,6-9H2,1H3,(H,20,21,22). The van der Waals surface area contributed by atoms with Crippen molar-refractivity contribution in [1.82, 2.24) is 19.7 Å². The van der Waals surface area contributed by atoms with Gasteiger partial charge in [-0.1, -0.05) is 0 Å². The second-order valence-corrected chi connectivity index (χ2v) is 7.04. The Morgan fingerprint density at radius 1 is 1.28 bits per heavy atom. The average Bonchev–Trinajstić information content (AvgIpc) is 3.19. The van der Waals surface area contributed by atoms with Gasteiger partial charge in [-0.15, -0.1) is 0 Å². The quantitative estimate of drug-likeness (QED) is 0.723. The number of nitrogens with one attached hydrogen (secondary N) is 1. The number of anilines is 2. The molecule has 1 aliphatic rings. The van der Waals surface area contributed by atoms with E-state index in [1.54, 1.807) is 11.0 Å². The summed E-state index contributed by atoms with van der Waals surface area (Å²) in [4.78, 5) is 10.9. The van der Waals surface area contributed by atoms with E-state index in [0.29, 0.717) is 5.92 Å². The Labute approximate surface area is 153 Å². The molecule has 0 saturated carbocycles. The molecule has 0 radical (unpaired) electrons. The zero-order chi connectivity index (χ0) is 17.4. The number of aryl methyl sites for hydroxylation is 1. The lowest BCUT2D eigenvalue weighted by atomic mass is 10.1. The van der Waals surface area contributed by atoms with Crippen LogP contribution in [0.3, 0.4) is 0 Å². The highest BCUT2D eigenvalue weighted by Gasteiger charge is 2.23. The molecule has 4 rings (SSSR count). The molecule has 1 N–H and O–H groups in total. The van der Waals surface area contributed by atoms with Gasteiger partial charge < -0.3 is 10.2 Å². The van der Waals surface area contributed by atoms with E-state index in [1.165, 1.54) is 12.1 Å². The molecule has 3 aromatic rings. The number of fused-ring (bicyclic) bond motifs is 1. The van der Waals surface area contributed by atoms with Gasteiger partial charge in [0.15, 0.2) is 5.65 Å². The third-order valence-electron chi connectivity index (χ3n) is 4.61. The Bertz CT molecular complexity index is 894. The summed E-state index contributed by atoms with van der Waals surface area (Å²) in [6, 6.07) is 6.70. The van der Waals surface area contributed by atoms with Crippen LogP contribution < -0.4 is 10.2 Å². The molecule has 1 atom stereocenters. The predicted molar refractivity (Wildman–Crippen MR) is 99.2 cm³/mol. The van der Waals surface area contributed by atoms with Crippen LogP contribution in [-0.2, 0) is 7.05 Å². The van der Waals surface area contributed by atoms with E-state index in [9.17, 15) is 4.39 Å². The maximum atomic E-state index is 13.1. The van der Waals surface area contributed by atoms with Crippen LogP contribution in [0.25, 0.3) is 11.0 Å². The lowest BCUT2D eigenvalue weighted by Crippen LogP contribution is -2.22. The SMILES string of the molecule is Cn1nc(Br)c2c(NCC3CCN(c4ccc(F)cc4)C3)ncnc21. The van der Waals surface area contributed by atoms with Gasteiger partial charge in [0.1, 0.15) is 22.6 Å². The summed E-state index contributed by atoms with van der Waals surface area (Å²) >= 11 is 3.48. The van der Waals surface area contributed by atoms with Crippen LogP contribution in [0.1, 0.15) is 6.42 Å². The minimum Gasteiger partial charge on any atom is -0.371 e. The molecule has 0 bridgehead atoms. The summed E-state index contributed by atoms with van der Waals surface area (Å²) in [5.41, 5.74) is 1.87. The highest BCUT2D eigenvalue weighted by molar-refractivity contribution is 9.10. The summed E-state index contributed by atoms with van der Waals surface area (Å²) in [6.45, 7) is 2.75. The largest absolute Gasteiger partial charge is 0.371 e. The van der Waals surface area contributed by atoms with Crippen molar-refractivity contribution >= 4 is 38.5 Å². The number of aromatic nitrogens is 4. The molecular weight excluding hydrogens is 387 g/mol. The number of hydrogen-bond donors (Lipinski definition) is 1. The number of rotatable bonds is 4. The van der Waals surface area contributed by atoms with Gasteiger partial charge in [-0.05, 0) is 52.5 Å². The Balaban J connectivity index is 1.44. The Morgan fingerprint density at radius 3 is 2.88 bits per heavy atom. The van der Waals surface area contributed by atoms with Crippen molar-refractivity contribution in [2.24, 2.45) is 13.0 Å². The molecule has 2 aromatic heterocycles. The van der Waals surface area contributed by atoms with E-state index in [2.05, 4.69) is 41.2 Å². The number of nitrogens with zero attached hydrogens (tertiary/aromatic N) is 5. The third kappa shape index (κ3) is 3.18. The topological polar surface area (TPSA) is 58.9 Å². The lowest BCUT2D eigenvalue weighted by Gasteiger charge is -2.19. The molecule has 0 amide bonds. The van der Waals surface area contributed by atoms with E-state index in [1.807, 2.05) is 19.2 Å². The minimum atomic E-state index is -0.198.